The Hall–Kier alpha value is -1.89. The number of aryl methyl sites for hydroxylation is 2. The normalized spacial score (nSPS) is 13.7. The standard InChI is InChI=1S/C20H24O/c1-5-16(4)19(17-9-7-6-8-10-17)20(21)18-12-14(2)11-15(3)13-18/h6-13,16,19H,5H2,1-4H3. The van der Waals surface area contributed by atoms with Gasteiger partial charge in [-0.15, -0.1) is 0 Å². The second-order valence-electron chi connectivity index (χ2n) is 6.01. The largest absolute Gasteiger partial charge is 0.293 e. The van der Waals surface area contributed by atoms with Crippen molar-refractivity contribution in [1.82, 2.24) is 0 Å². The van der Waals surface area contributed by atoms with E-state index in [4.69, 9.17) is 0 Å². The van der Waals surface area contributed by atoms with Gasteiger partial charge in [-0.25, -0.2) is 0 Å². The van der Waals surface area contributed by atoms with Crippen LogP contribution in [0.2, 0.25) is 0 Å². The molecule has 0 saturated heterocycles. The van der Waals surface area contributed by atoms with Crippen LogP contribution in [0.4, 0.5) is 0 Å². The summed E-state index contributed by atoms with van der Waals surface area (Å²) in [5.74, 6) is 0.514. The fourth-order valence-corrected chi connectivity index (χ4v) is 2.93. The third-order valence-corrected chi connectivity index (χ3v) is 4.16. The number of hydrogen-bond donors (Lipinski definition) is 0. The highest BCUT2D eigenvalue weighted by Gasteiger charge is 2.26. The first-order chi connectivity index (χ1) is 10.0. The summed E-state index contributed by atoms with van der Waals surface area (Å²) in [5, 5.41) is 0. The van der Waals surface area contributed by atoms with Gasteiger partial charge in [-0.3, -0.25) is 4.79 Å². The molecule has 2 aromatic carbocycles. The van der Waals surface area contributed by atoms with E-state index in [1.54, 1.807) is 0 Å². The third kappa shape index (κ3) is 3.60. The lowest BCUT2D eigenvalue weighted by atomic mass is 9.80. The minimum atomic E-state index is -0.0580. The Labute approximate surface area is 128 Å². The highest BCUT2D eigenvalue weighted by molar-refractivity contribution is 6.01. The van der Waals surface area contributed by atoms with Crippen LogP contribution in [0, 0.1) is 19.8 Å². The molecular weight excluding hydrogens is 256 g/mol. The van der Waals surface area contributed by atoms with Gasteiger partial charge < -0.3 is 0 Å². The summed E-state index contributed by atoms with van der Waals surface area (Å²) in [5.41, 5.74) is 4.25. The molecular formula is C20H24O. The minimum Gasteiger partial charge on any atom is -0.293 e. The molecule has 0 amide bonds. The summed E-state index contributed by atoms with van der Waals surface area (Å²) in [6, 6.07) is 16.3. The molecule has 2 aromatic rings. The van der Waals surface area contributed by atoms with E-state index in [2.05, 4.69) is 32.0 Å². The van der Waals surface area contributed by atoms with Crippen molar-refractivity contribution in [1.29, 1.82) is 0 Å². The Morgan fingerprint density at radius 1 is 1.00 bits per heavy atom. The average Bonchev–Trinajstić information content (AvgIpc) is 2.47. The zero-order valence-corrected chi connectivity index (χ0v) is 13.4. The highest BCUT2D eigenvalue weighted by Crippen LogP contribution is 2.31. The number of carbonyl (C=O) groups is 1. The topological polar surface area (TPSA) is 17.1 Å². The van der Waals surface area contributed by atoms with Crippen LogP contribution in [0.25, 0.3) is 0 Å². The molecule has 0 saturated carbocycles. The number of hydrogen-bond acceptors (Lipinski definition) is 1. The summed E-state index contributed by atoms with van der Waals surface area (Å²) >= 11 is 0. The Bertz CT molecular complexity index is 593. The lowest BCUT2D eigenvalue weighted by Gasteiger charge is -2.22. The van der Waals surface area contributed by atoms with Crippen molar-refractivity contribution in [2.24, 2.45) is 5.92 Å². The van der Waals surface area contributed by atoms with Crippen molar-refractivity contribution >= 4 is 5.78 Å². The molecule has 0 N–H and O–H groups in total. The van der Waals surface area contributed by atoms with E-state index in [1.165, 1.54) is 0 Å². The summed E-state index contributed by atoms with van der Waals surface area (Å²) in [4.78, 5) is 13.1. The van der Waals surface area contributed by atoms with Gasteiger partial charge in [0.25, 0.3) is 0 Å². The van der Waals surface area contributed by atoms with Crippen molar-refractivity contribution < 1.29 is 4.79 Å². The summed E-state index contributed by atoms with van der Waals surface area (Å²) in [6.07, 6.45) is 0.996. The quantitative estimate of drug-likeness (QED) is 0.678. The monoisotopic (exact) mass is 280 g/mol. The molecule has 21 heavy (non-hydrogen) atoms. The lowest BCUT2D eigenvalue weighted by Crippen LogP contribution is -2.20. The maximum Gasteiger partial charge on any atom is 0.170 e. The van der Waals surface area contributed by atoms with Crippen molar-refractivity contribution in [3.05, 3.63) is 70.8 Å². The van der Waals surface area contributed by atoms with E-state index in [9.17, 15) is 4.79 Å². The molecule has 2 rings (SSSR count). The van der Waals surface area contributed by atoms with Crippen LogP contribution in [0.15, 0.2) is 48.5 Å². The molecule has 0 aliphatic rings. The van der Waals surface area contributed by atoms with E-state index in [1.807, 2.05) is 44.2 Å². The number of benzene rings is 2. The molecule has 2 unspecified atom stereocenters. The first-order valence-corrected chi connectivity index (χ1v) is 7.70. The molecule has 0 heterocycles. The van der Waals surface area contributed by atoms with E-state index < -0.39 is 0 Å². The first kappa shape index (κ1) is 15.5. The maximum atomic E-state index is 13.1. The smallest absolute Gasteiger partial charge is 0.170 e. The van der Waals surface area contributed by atoms with Crippen LogP contribution in [-0.2, 0) is 0 Å². The van der Waals surface area contributed by atoms with Gasteiger partial charge in [-0.05, 0) is 37.5 Å². The molecule has 0 aromatic heterocycles. The second-order valence-corrected chi connectivity index (χ2v) is 6.01. The van der Waals surface area contributed by atoms with Gasteiger partial charge in [-0.1, -0.05) is 67.8 Å². The molecule has 2 atom stereocenters. The highest BCUT2D eigenvalue weighted by atomic mass is 16.1. The Kier molecular flexibility index (Phi) is 4.95. The summed E-state index contributed by atoms with van der Waals surface area (Å²) in [7, 11) is 0. The van der Waals surface area contributed by atoms with E-state index in [0.29, 0.717) is 5.92 Å². The van der Waals surface area contributed by atoms with Gasteiger partial charge in [0.1, 0.15) is 0 Å². The number of ketones is 1. The maximum absolute atomic E-state index is 13.1. The van der Waals surface area contributed by atoms with Gasteiger partial charge in [0, 0.05) is 11.5 Å². The predicted molar refractivity (Wildman–Crippen MR) is 88.9 cm³/mol. The van der Waals surface area contributed by atoms with Crippen LogP contribution < -0.4 is 0 Å². The van der Waals surface area contributed by atoms with Gasteiger partial charge in [0.2, 0.25) is 0 Å². The average molecular weight is 280 g/mol. The molecule has 1 nitrogen and oxygen atoms in total. The zero-order chi connectivity index (χ0) is 15.4. The first-order valence-electron chi connectivity index (χ1n) is 7.70. The van der Waals surface area contributed by atoms with Gasteiger partial charge in [-0.2, -0.15) is 0 Å². The molecule has 0 aliphatic carbocycles. The van der Waals surface area contributed by atoms with Crippen LogP contribution in [0.5, 0.6) is 0 Å². The number of carbonyl (C=O) groups excluding carboxylic acids is 1. The molecule has 0 aliphatic heterocycles. The molecule has 110 valence electrons. The van der Waals surface area contributed by atoms with Crippen molar-refractivity contribution in [3.8, 4) is 0 Å². The van der Waals surface area contributed by atoms with Crippen molar-refractivity contribution in [2.45, 2.75) is 40.0 Å². The fraction of sp³-hybridized carbons (Fsp3) is 0.350. The SMILES string of the molecule is CCC(C)C(C(=O)c1cc(C)cc(C)c1)c1ccccc1. The Morgan fingerprint density at radius 3 is 2.10 bits per heavy atom. The second kappa shape index (κ2) is 6.71. The van der Waals surface area contributed by atoms with Gasteiger partial charge in [0.05, 0.1) is 0 Å². The number of rotatable bonds is 5. The molecule has 1 heteroatoms. The van der Waals surface area contributed by atoms with Crippen molar-refractivity contribution in [2.75, 3.05) is 0 Å². The third-order valence-electron chi connectivity index (χ3n) is 4.16. The zero-order valence-electron chi connectivity index (χ0n) is 13.4. The van der Waals surface area contributed by atoms with E-state index >= 15 is 0 Å². The minimum absolute atomic E-state index is 0.0580. The molecule has 0 radical (unpaired) electrons. The van der Waals surface area contributed by atoms with E-state index in [-0.39, 0.29) is 11.7 Å². The van der Waals surface area contributed by atoms with E-state index in [0.717, 1.165) is 28.7 Å². The Balaban J connectivity index is 2.43. The summed E-state index contributed by atoms with van der Waals surface area (Å²) < 4.78 is 0. The van der Waals surface area contributed by atoms with Crippen LogP contribution in [0.1, 0.15) is 53.2 Å². The van der Waals surface area contributed by atoms with Gasteiger partial charge >= 0.3 is 0 Å². The summed E-state index contributed by atoms with van der Waals surface area (Å²) in [6.45, 7) is 8.41. The molecule has 0 bridgehead atoms. The van der Waals surface area contributed by atoms with Gasteiger partial charge in [0.15, 0.2) is 5.78 Å². The Morgan fingerprint density at radius 2 is 1.57 bits per heavy atom. The molecule has 0 fully saturated rings. The van der Waals surface area contributed by atoms with Crippen LogP contribution >= 0.6 is 0 Å². The number of Topliss-reactive ketones (excluding diaryl/α,β-unsaturated/α-hetero) is 1. The lowest BCUT2D eigenvalue weighted by molar-refractivity contribution is 0.0932. The van der Waals surface area contributed by atoms with Crippen molar-refractivity contribution in [3.63, 3.8) is 0 Å². The fourth-order valence-electron chi connectivity index (χ4n) is 2.93. The predicted octanol–water partition coefficient (Wildman–Crippen LogP) is 5.32. The van der Waals surface area contributed by atoms with Crippen LogP contribution in [0.3, 0.4) is 0 Å². The van der Waals surface area contributed by atoms with Crippen LogP contribution in [-0.4, -0.2) is 5.78 Å². The molecule has 0 spiro atoms.